The third-order valence-electron chi connectivity index (χ3n) is 13.2. The highest BCUT2D eigenvalue weighted by Crippen LogP contribution is 2.51. The Labute approximate surface area is 408 Å². The molecule has 0 radical (unpaired) electrons. The smallest absolute Gasteiger partial charge is 0.338 e. The lowest BCUT2D eigenvalue weighted by molar-refractivity contribution is -0.176. The Morgan fingerprint density at radius 1 is 0.732 bits per heavy atom. The van der Waals surface area contributed by atoms with Crippen molar-refractivity contribution in [3.63, 3.8) is 0 Å². The summed E-state index contributed by atoms with van der Waals surface area (Å²) in [4.78, 5) is 71.6. The number of aliphatic hydroxyl groups is 4. The van der Waals surface area contributed by atoms with E-state index in [1.807, 2.05) is 0 Å². The summed E-state index contributed by atoms with van der Waals surface area (Å²) in [6, 6.07) is 9.68. The van der Waals surface area contributed by atoms with E-state index < -0.39 is 72.4 Å². The molecule has 2 fully saturated rings. The van der Waals surface area contributed by atoms with E-state index in [1.54, 1.807) is 26.4 Å². The molecule has 6 rings (SSSR count). The maximum absolute atomic E-state index is 13.7. The maximum Gasteiger partial charge on any atom is 0.338 e. The predicted molar refractivity (Wildman–Crippen MR) is 247 cm³/mol. The van der Waals surface area contributed by atoms with Gasteiger partial charge in [-0.15, -0.1) is 0 Å². The van der Waals surface area contributed by atoms with Gasteiger partial charge in [0.2, 0.25) is 5.75 Å². The van der Waals surface area contributed by atoms with Gasteiger partial charge in [0, 0.05) is 50.4 Å². The lowest BCUT2D eigenvalue weighted by atomic mass is 9.63. The number of carbonyl (C=O) groups is 6. The lowest BCUT2D eigenvalue weighted by Crippen LogP contribution is -2.58. The van der Waals surface area contributed by atoms with Gasteiger partial charge >= 0.3 is 35.8 Å². The number of hydrogen-bond donors (Lipinski definition) is 8. The second kappa shape index (κ2) is 25.7. The van der Waals surface area contributed by atoms with Crippen molar-refractivity contribution < 1.29 is 103 Å². The van der Waals surface area contributed by atoms with Crippen LogP contribution >= 0.6 is 0 Å². The van der Waals surface area contributed by atoms with E-state index in [9.17, 15) is 28.8 Å². The van der Waals surface area contributed by atoms with E-state index in [2.05, 4.69) is 46.4 Å². The van der Waals surface area contributed by atoms with Gasteiger partial charge in [0.15, 0.2) is 35.9 Å². The van der Waals surface area contributed by atoms with Crippen LogP contribution < -0.4 is 18.9 Å². The molecule has 1 aromatic heterocycles. The predicted octanol–water partition coefficient (Wildman–Crippen LogP) is 0.741. The highest BCUT2D eigenvalue weighted by atomic mass is 16.6. The number of fused-ring (bicyclic) bond motifs is 6. The molecule has 71 heavy (non-hydrogen) atoms. The van der Waals surface area contributed by atoms with Crippen molar-refractivity contribution in [2.75, 3.05) is 75.4 Å². The van der Waals surface area contributed by atoms with Crippen molar-refractivity contribution in [1.29, 1.82) is 0 Å². The first kappa shape index (κ1) is 57.3. The van der Waals surface area contributed by atoms with E-state index in [0.29, 0.717) is 23.7 Å². The molecular formula is C47H65N3O21. The fraction of sp³-hybridized carbons (Fsp3) is 0.574. The zero-order valence-corrected chi connectivity index (χ0v) is 40.8. The minimum Gasteiger partial charge on any atom is -0.497 e. The minimum atomic E-state index is -2.27. The summed E-state index contributed by atoms with van der Waals surface area (Å²) in [5.74, 6) is -6.63. The molecule has 1 saturated heterocycles. The van der Waals surface area contributed by atoms with E-state index >= 15 is 0 Å². The van der Waals surface area contributed by atoms with Crippen LogP contribution in [-0.2, 0) is 51.1 Å². The van der Waals surface area contributed by atoms with Gasteiger partial charge in [-0.3, -0.25) is 9.69 Å². The largest absolute Gasteiger partial charge is 0.497 e. The number of piperidine rings is 1. The van der Waals surface area contributed by atoms with Crippen LogP contribution in [0, 0.1) is 17.8 Å². The maximum atomic E-state index is 13.7. The number of carbonyl (C=O) groups excluding carboxylic acids is 2. The number of carboxylic acids is 4. The Hall–Kier alpha value is -6.28. The molecule has 0 unspecified atom stereocenters. The van der Waals surface area contributed by atoms with E-state index in [1.165, 1.54) is 50.6 Å². The molecule has 3 aromatic rings. The van der Waals surface area contributed by atoms with Crippen LogP contribution in [-0.4, -0.2) is 203 Å². The fourth-order valence-corrected chi connectivity index (χ4v) is 9.56. The van der Waals surface area contributed by atoms with Crippen LogP contribution in [0.2, 0.25) is 0 Å². The highest BCUT2D eigenvalue weighted by molar-refractivity contribution is 5.91. The monoisotopic (exact) mass is 1010 g/mol. The fourth-order valence-electron chi connectivity index (χ4n) is 9.56. The van der Waals surface area contributed by atoms with Crippen LogP contribution in [0.3, 0.4) is 0 Å². The Kier molecular flexibility index (Phi) is 20.8. The van der Waals surface area contributed by atoms with Gasteiger partial charge in [-0.2, -0.15) is 0 Å². The molecule has 2 aliphatic heterocycles. The number of aliphatic carboxylic acids is 4. The second-order valence-corrected chi connectivity index (χ2v) is 16.8. The van der Waals surface area contributed by atoms with Crippen molar-refractivity contribution in [1.82, 2.24) is 14.4 Å². The Balaban J connectivity index is 0.000000458. The SMILES string of the molecule is CCN(CC)CCn1c2c(c3ccc(OC)cc31)CCN1C[C@H]3C[C@H](OC(=O)c4cc(OC)c(OC)c(OC)c4)[C@H](OC)[C@@H](C(=O)OC)[C@H]3C[C@H]21.O=C(O)[C@H](O)[C@@H](O)C(=O)O.O=C(O)[C@H](O)[C@@H](O)C(=O)O. The topological polar surface area (TPSA) is 340 Å². The Morgan fingerprint density at radius 3 is 1.73 bits per heavy atom. The molecule has 0 amide bonds. The number of ether oxygens (including phenoxy) is 7. The summed E-state index contributed by atoms with van der Waals surface area (Å²) in [7, 11) is 9.21. The Morgan fingerprint density at radius 2 is 1.28 bits per heavy atom. The number of likely N-dealkylation sites (N-methyl/N-ethyl adjacent to an activating group) is 1. The molecule has 1 saturated carbocycles. The minimum absolute atomic E-state index is 0.0329. The molecule has 3 heterocycles. The third-order valence-corrected chi connectivity index (χ3v) is 13.2. The molecule has 1 aliphatic carbocycles. The first-order valence-corrected chi connectivity index (χ1v) is 22.6. The standard InChI is InChI=1S/C39H53N3O9.2C4H6O6/c1-9-40(10-2)15-16-42-29-20-25(45-3)11-12-26(29)27-13-14-41-22-24-19-33(37(49-7)34(39(44)50-8)28(24)21-30(41)35(27)42)51-38(43)23-17-31(46-4)36(48-6)32(18-23)47-5;2*5-1(3(7)8)2(6)4(9)10/h11-12,17-18,20,24,28,30,33-34,37H,9-10,13-16,19,21-22H2,1-8H3;2*1-2,5-6H,(H,7,8)(H,9,10)/t24-,28+,30-,33+,34+,37+;2*1-,2-/m111/s1. The van der Waals surface area contributed by atoms with Crippen molar-refractivity contribution >= 4 is 46.7 Å². The molecule has 3 aliphatic rings. The summed E-state index contributed by atoms with van der Waals surface area (Å²) in [5.41, 5.74) is 4.16. The van der Waals surface area contributed by atoms with Crippen LogP contribution in [0.25, 0.3) is 10.9 Å². The first-order chi connectivity index (χ1) is 33.7. The van der Waals surface area contributed by atoms with Gasteiger partial charge in [0.1, 0.15) is 18.0 Å². The van der Waals surface area contributed by atoms with Gasteiger partial charge in [-0.25, -0.2) is 24.0 Å². The van der Waals surface area contributed by atoms with Crippen LogP contribution in [0.15, 0.2) is 30.3 Å². The van der Waals surface area contributed by atoms with Gasteiger partial charge in [-0.05, 0) is 74.0 Å². The van der Waals surface area contributed by atoms with E-state index in [4.69, 9.17) is 74.0 Å². The number of hydrogen-bond acceptors (Lipinski definition) is 19. The molecule has 394 valence electrons. The van der Waals surface area contributed by atoms with Gasteiger partial charge < -0.3 is 83.5 Å². The summed E-state index contributed by atoms with van der Waals surface area (Å²) in [6.45, 7) is 9.88. The molecule has 0 spiro atoms. The third kappa shape index (κ3) is 13.0. The number of esters is 2. The number of nitrogens with zero attached hydrogens (tertiary/aromatic N) is 3. The van der Waals surface area contributed by atoms with E-state index in [0.717, 1.165) is 57.9 Å². The van der Waals surface area contributed by atoms with Crippen LogP contribution in [0.1, 0.15) is 54.3 Å². The number of aromatic nitrogens is 1. The quantitative estimate of drug-likeness (QED) is 0.0768. The molecule has 0 bridgehead atoms. The van der Waals surface area contributed by atoms with Gasteiger partial charge in [-0.1, -0.05) is 13.8 Å². The number of rotatable bonds is 19. The molecular weight excluding hydrogens is 943 g/mol. The van der Waals surface area contributed by atoms with Crippen molar-refractivity contribution in [2.45, 2.75) is 82.3 Å². The van der Waals surface area contributed by atoms with Crippen molar-refractivity contribution in [3.8, 4) is 23.0 Å². The second-order valence-electron chi connectivity index (χ2n) is 16.8. The van der Waals surface area contributed by atoms with Crippen LogP contribution in [0.4, 0.5) is 0 Å². The van der Waals surface area contributed by atoms with Gasteiger partial charge in [0.05, 0.1) is 58.6 Å². The first-order valence-electron chi connectivity index (χ1n) is 22.6. The molecule has 24 heteroatoms. The normalized spacial score (nSPS) is 21.9. The highest BCUT2D eigenvalue weighted by Gasteiger charge is 2.55. The summed E-state index contributed by atoms with van der Waals surface area (Å²) >= 11 is 0. The number of aliphatic hydroxyl groups excluding tert-OH is 4. The Bertz CT molecular complexity index is 2250. The number of benzene rings is 2. The van der Waals surface area contributed by atoms with E-state index in [-0.39, 0.29) is 29.4 Å². The number of carboxylic acid groups (broad SMARTS) is 4. The summed E-state index contributed by atoms with van der Waals surface area (Å²) in [5, 5.41) is 66.3. The average molecular weight is 1010 g/mol. The molecule has 24 nitrogen and oxygen atoms in total. The average Bonchev–Trinajstić information content (AvgIpc) is 3.69. The molecule has 2 aromatic carbocycles. The number of methoxy groups -OCH3 is 6. The summed E-state index contributed by atoms with van der Waals surface area (Å²) in [6.07, 6.45) is -8.15. The lowest BCUT2D eigenvalue weighted by Gasteiger charge is -2.53. The van der Waals surface area contributed by atoms with Crippen molar-refractivity contribution in [3.05, 3.63) is 47.2 Å². The zero-order valence-electron chi connectivity index (χ0n) is 40.8. The summed E-state index contributed by atoms with van der Waals surface area (Å²) < 4.78 is 42.3. The molecule has 8 N–H and O–H groups in total. The van der Waals surface area contributed by atoms with Crippen LogP contribution in [0.5, 0.6) is 23.0 Å². The van der Waals surface area contributed by atoms with Gasteiger partial charge in [0.25, 0.3) is 0 Å². The molecule has 10 atom stereocenters. The van der Waals surface area contributed by atoms with Crippen molar-refractivity contribution in [2.24, 2.45) is 17.8 Å². The zero-order chi connectivity index (χ0) is 53.0.